The molecule has 3 rings (SSSR count). The molecule has 0 spiro atoms. The van der Waals surface area contributed by atoms with E-state index in [1.165, 1.54) is 0 Å². The first-order valence-electron chi connectivity index (χ1n) is 11.4. The largest absolute Gasteiger partial charge is 0.492 e. The molecule has 8 heteroatoms. The molecule has 1 aliphatic rings. The Hall–Kier alpha value is -3.10. The number of hydrogen-bond donors (Lipinski definition) is 2. The maximum atomic E-state index is 12.2. The van der Waals surface area contributed by atoms with Crippen molar-refractivity contribution >= 4 is 11.9 Å². The molecule has 0 radical (unpaired) electrons. The summed E-state index contributed by atoms with van der Waals surface area (Å²) in [6, 6.07) is 17.3. The van der Waals surface area contributed by atoms with Gasteiger partial charge in [-0.05, 0) is 23.3 Å². The average Bonchev–Trinajstić information content (AvgIpc) is 2.84. The van der Waals surface area contributed by atoms with Gasteiger partial charge in [-0.1, -0.05) is 42.5 Å². The highest BCUT2D eigenvalue weighted by atomic mass is 16.5. The van der Waals surface area contributed by atoms with Crippen molar-refractivity contribution in [3.8, 4) is 5.75 Å². The molecule has 1 heterocycles. The van der Waals surface area contributed by atoms with Gasteiger partial charge in [-0.3, -0.25) is 9.69 Å². The van der Waals surface area contributed by atoms with Crippen LogP contribution in [0.15, 0.2) is 54.6 Å². The molecule has 1 fully saturated rings. The zero-order valence-electron chi connectivity index (χ0n) is 19.3. The molecule has 1 saturated heterocycles. The molecule has 0 saturated carbocycles. The molecule has 0 atom stereocenters. The fourth-order valence-electron chi connectivity index (χ4n) is 3.50. The van der Waals surface area contributed by atoms with Gasteiger partial charge in [0.05, 0.1) is 13.2 Å². The summed E-state index contributed by atoms with van der Waals surface area (Å²) in [5, 5.41) is 5.68. The van der Waals surface area contributed by atoms with Gasteiger partial charge < -0.3 is 25.0 Å². The molecule has 2 aromatic rings. The van der Waals surface area contributed by atoms with Crippen molar-refractivity contribution in [3.05, 3.63) is 65.7 Å². The van der Waals surface area contributed by atoms with Crippen LogP contribution >= 0.6 is 0 Å². The van der Waals surface area contributed by atoms with E-state index in [0.717, 1.165) is 49.7 Å². The zero-order valence-corrected chi connectivity index (χ0v) is 19.3. The second kappa shape index (κ2) is 13.4. The number of urea groups is 1. The monoisotopic (exact) mass is 454 g/mol. The van der Waals surface area contributed by atoms with Gasteiger partial charge in [0.25, 0.3) is 0 Å². The Kier molecular flexibility index (Phi) is 10.0. The Bertz CT molecular complexity index is 872. The van der Waals surface area contributed by atoms with Crippen LogP contribution in [-0.2, 0) is 22.6 Å². The van der Waals surface area contributed by atoms with E-state index in [1.54, 1.807) is 11.9 Å². The predicted octanol–water partition coefficient (Wildman–Crippen LogP) is 2.25. The van der Waals surface area contributed by atoms with Gasteiger partial charge in [0.15, 0.2) is 0 Å². The smallest absolute Gasteiger partial charge is 0.317 e. The predicted molar refractivity (Wildman–Crippen MR) is 127 cm³/mol. The highest BCUT2D eigenvalue weighted by Gasteiger charge is 2.11. The van der Waals surface area contributed by atoms with E-state index in [1.807, 2.05) is 54.6 Å². The topological polar surface area (TPSA) is 83.1 Å². The molecular weight excluding hydrogens is 420 g/mol. The summed E-state index contributed by atoms with van der Waals surface area (Å²) < 4.78 is 11.2. The van der Waals surface area contributed by atoms with Crippen molar-refractivity contribution in [2.45, 2.75) is 19.5 Å². The van der Waals surface area contributed by atoms with E-state index in [4.69, 9.17) is 9.47 Å². The molecule has 33 heavy (non-hydrogen) atoms. The fraction of sp³-hybridized carbons (Fsp3) is 0.440. The van der Waals surface area contributed by atoms with Gasteiger partial charge in [-0.25, -0.2) is 4.79 Å². The maximum absolute atomic E-state index is 12.2. The summed E-state index contributed by atoms with van der Waals surface area (Å²) in [5.41, 5.74) is 2.03. The number of amides is 3. The number of ether oxygens (including phenoxy) is 2. The van der Waals surface area contributed by atoms with Gasteiger partial charge in [0.1, 0.15) is 12.4 Å². The van der Waals surface area contributed by atoms with Crippen LogP contribution in [-0.4, -0.2) is 74.8 Å². The quantitative estimate of drug-likeness (QED) is 0.544. The summed E-state index contributed by atoms with van der Waals surface area (Å²) in [6.07, 6.45) is 0.223. The molecule has 178 valence electrons. The van der Waals surface area contributed by atoms with Crippen LogP contribution in [0.2, 0.25) is 0 Å². The number of carbonyl (C=O) groups excluding carboxylic acids is 2. The van der Waals surface area contributed by atoms with E-state index in [-0.39, 0.29) is 24.9 Å². The van der Waals surface area contributed by atoms with Crippen molar-refractivity contribution in [1.29, 1.82) is 0 Å². The number of carbonyl (C=O) groups is 2. The highest BCUT2D eigenvalue weighted by molar-refractivity contribution is 5.78. The maximum Gasteiger partial charge on any atom is 0.317 e. The molecule has 3 amide bonds. The van der Waals surface area contributed by atoms with Crippen LogP contribution in [0.4, 0.5) is 4.79 Å². The van der Waals surface area contributed by atoms with Gasteiger partial charge in [0, 0.05) is 52.7 Å². The van der Waals surface area contributed by atoms with E-state index < -0.39 is 0 Å². The fourth-order valence-corrected chi connectivity index (χ4v) is 3.50. The standard InChI is InChI=1S/C25H34N4O4/c1-28(20-21-6-3-2-4-7-21)25(31)26-11-10-24(30)27-19-22-8-5-9-23(18-22)33-17-14-29-12-15-32-16-13-29/h2-9,18H,10-17,19-20H2,1H3,(H,26,31)(H,27,30). The number of rotatable bonds is 11. The van der Waals surface area contributed by atoms with Crippen molar-refractivity contribution in [2.24, 2.45) is 0 Å². The van der Waals surface area contributed by atoms with E-state index in [9.17, 15) is 9.59 Å². The second-order valence-corrected chi connectivity index (χ2v) is 8.05. The lowest BCUT2D eigenvalue weighted by Crippen LogP contribution is -2.38. The van der Waals surface area contributed by atoms with Gasteiger partial charge in [-0.2, -0.15) is 0 Å². The Morgan fingerprint density at radius 3 is 2.58 bits per heavy atom. The van der Waals surface area contributed by atoms with Crippen LogP contribution in [0.3, 0.4) is 0 Å². The minimum Gasteiger partial charge on any atom is -0.492 e. The molecule has 1 aliphatic heterocycles. The first kappa shape index (κ1) is 24.5. The lowest BCUT2D eigenvalue weighted by molar-refractivity contribution is -0.121. The summed E-state index contributed by atoms with van der Waals surface area (Å²) in [7, 11) is 1.73. The second-order valence-electron chi connectivity index (χ2n) is 8.05. The van der Waals surface area contributed by atoms with E-state index in [2.05, 4.69) is 15.5 Å². The van der Waals surface area contributed by atoms with Crippen LogP contribution in [0.1, 0.15) is 17.5 Å². The van der Waals surface area contributed by atoms with Crippen LogP contribution in [0.25, 0.3) is 0 Å². The third-order valence-corrected chi connectivity index (χ3v) is 5.41. The minimum atomic E-state index is -0.200. The van der Waals surface area contributed by atoms with Crippen molar-refractivity contribution in [3.63, 3.8) is 0 Å². The first-order chi connectivity index (χ1) is 16.1. The molecule has 0 aromatic heterocycles. The van der Waals surface area contributed by atoms with E-state index in [0.29, 0.717) is 19.7 Å². The third-order valence-electron chi connectivity index (χ3n) is 5.41. The van der Waals surface area contributed by atoms with Gasteiger partial charge in [0.2, 0.25) is 5.91 Å². The summed E-state index contributed by atoms with van der Waals surface area (Å²) in [6.45, 7) is 6.16. The summed E-state index contributed by atoms with van der Waals surface area (Å²) in [4.78, 5) is 28.3. The molecule has 0 aliphatic carbocycles. The molecular formula is C25H34N4O4. The Labute approximate surface area is 195 Å². The van der Waals surface area contributed by atoms with Gasteiger partial charge in [-0.15, -0.1) is 0 Å². The third kappa shape index (κ3) is 9.11. The average molecular weight is 455 g/mol. The normalized spacial score (nSPS) is 13.8. The first-order valence-corrected chi connectivity index (χ1v) is 11.4. The van der Waals surface area contributed by atoms with Crippen LogP contribution in [0, 0.1) is 0 Å². The summed E-state index contributed by atoms with van der Waals surface area (Å²) in [5.74, 6) is 0.684. The molecule has 2 N–H and O–H groups in total. The number of nitrogens with one attached hydrogen (secondary N) is 2. The van der Waals surface area contributed by atoms with Crippen molar-refractivity contribution in [2.75, 3.05) is 53.0 Å². The Balaban J connectivity index is 1.30. The van der Waals surface area contributed by atoms with Crippen molar-refractivity contribution in [1.82, 2.24) is 20.4 Å². The molecule has 0 unspecified atom stereocenters. The minimum absolute atomic E-state index is 0.111. The molecule has 2 aromatic carbocycles. The highest BCUT2D eigenvalue weighted by Crippen LogP contribution is 2.13. The Morgan fingerprint density at radius 2 is 1.79 bits per heavy atom. The number of hydrogen-bond acceptors (Lipinski definition) is 5. The number of nitrogens with zero attached hydrogens (tertiary/aromatic N) is 2. The van der Waals surface area contributed by atoms with Gasteiger partial charge >= 0.3 is 6.03 Å². The van der Waals surface area contributed by atoms with Crippen LogP contribution < -0.4 is 15.4 Å². The van der Waals surface area contributed by atoms with Crippen molar-refractivity contribution < 1.29 is 19.1 Å². The lowest BCUT2D eigenvalue weighted by Gasteiger charge is -2.26. The molecule has 0 bridgehead atoms. The van der Waals surface area contributed by atoms with E-state index >= 15 is 0 Å². The van der Waals surface area contributed by atoms with Crippen LogP contribution in [0.5, 0.6) is 5.75 Å². The number of morpholine rings is 1. The molecule has 8 nitrogen and oxygen atoms in total. The SMILES string of the molecule is CN(Cc1ccccc1)C(=O)NCCC(=O)NCc1cccc(OCCN2CCOCC2)c1. The summed E-state index contributed by atoms with van der Waals surface area (Å²) >= 11 is 0. The lowest BCUT2D eigenvalue weighted by atomic mass is 10.2. The zero-order chi connectivity index (χ0) is 23.3. The Morgan fingerprint density at radius 1 is 1.03 bits per heavy atom. The number of benzene rings is 2.